The molecule has 6 nitrogen and oxygen atoms in total. The number of aromatic nitrogens is 3. The zero-order valence-electron chi connectivity index (χ0n) is 18.3. The zero-order valence-corrected chi connectivity index (χ0v) is 19.1. The van der Waals surface area contributed by atoms with Crippen LogP contribution in [0.25, 0.3) is 0 Å². The summed E-state index contributed by atoms with van der Waals surface area (Å²) in [5, 5.41) is 10.6. The number of piperidine rings is 1. The highest BCUT2D eigenvalue weighted by Crippen LogP contribution is 2.24. The molecule has 4 rings (SSSR count). The average Bonchev–Trinajstić information content (AvgIpc) is 3.38. The number of hydrogen-bond acceptors (Lipinski definition) is 5. The highest BCUT2D eigenvalue weighted by Gasteiger charge is 2.18. The molecule has 30 heavy (non-hydrogen) atoms. The summed E-state index contributed by atoms with van der Waals surface area (Å²) in [5.74, 6) is -0.157. The lowest BCUT2D eigenvalue weighted by Crippen LogP contribution is -2.29. The van der Waals surface area contributed by atoms with Crippen LogP contribution in [0, 0.1) is 13.8 Å². The van der Waals surface area contributed by atoms with Gasteiger partial charge in [-0.25, -0.2) is 4.98 Å². The quantitative estimate of drug-likeness (QED) is 0.605. The number of anilines is 2. The Kier molecular flexibility index (Phi) is 7.63. The number of rotatable bonds is 5. The van der Waals surface area contributed by atoms with Gasteiger partial charge in [0.25, 0.3) is 5.91 Å². The fourth-order valence-electron chi connectivity index (χ4n) is 3.43. The van der Waals surface area contributed by atoms with Crippen LogP contribution in [-0.2, 0) is 6.54 Å². The first-order chi connectivity index (χ1) is 14.6. The molecule has 0 spiro atoms. The highest BCUT2D eigenvalue weighted by molar-refractivity contribution is 7.13. The number of nitrogens with zero attached hydrogens (tertiary/aromatic N) is 4. The van der Waals surface area contributed by atoms with Crippen LogP contribution in [-0.4, -0.2) is 33.8 Å². The number of benzene rings is 1. The van der Waals surface area contributed by atoms with Crippen molar-refractivity contribution in [3.63, 3.8) is 0 Å². The van der Waals surface area contributed by atoms with Crippen LogP contribution in [0.4, 0.5) is 10.8 Å². The number of nitrogens with one attached hydrogen (secondary N) is 1. The van der Waals surface area contributed by atoms with Gasteiger partial charge in [-0.05, 0) is 51.3 Å². The van der Waals surface area contributed by atoms with Crippen LogP contribution < -0.4 is 10.2 Å². The maximum atomic E-state index is 12.8. The van der Waals surface area contributed by atoms with E-state index in [4.69, 9.17) is 4.98 Å². The molecule has 0 radical (unpaired) electrons. The second kappa shape index (κ2) is 10.4. The number of carbonyl (C=O) groups is 1. The molecule has 0 bridgehead atoms. The van der Waals surface area contributed by atoms with Gasteiger partial charge in [-0.15, -0.1) is 11.3 Å². The molecule has 3 heterocycles. The molecule has 1 saturated heterocycles. The minimum atomic E-state index is -0.157. The smallest absolute Gasteiger partial charge is 0.273 e. The molecule has 1 N–H and O–H groups in total. The summed E-state index contributed by atoms with van der Waals surface area (Å²) in [6.07, 6.45) is 3.77. The summed E-state index contributed by atoms with van der Waals surface area (Å²) in [7, 11) is 0. The van der Waals surface area contributed by atoms with Crippen molar-refractivity contribution in [2.75, 3.05) is 23.3 Å². The lowest BCUT2D eigenvalue weighted by molar-refractivity contribution is 0.101. The van der Waals surface area contributed by atoms with E-state index in [0.717, 1.165) is 40.9 Å². The summed E-state index contributed by atoms with van der Waals surface area (Å²) in [6.45, 7) is 10.6. The molecule has 2 aromatic heterocycles. The third kappa shape index (κ3) is 5.48. The van der Waals surface area contributed by atoms with Crippen LogP contribution in [0.2, 0.25) is 0 Å². The molecule has 0 atom stereocenters. The molecule has 1 aromatic carbocycles. The van der Waals surface area contributed by atoms with Crippen LogP contribution in [0.1, 0.15) is 60.5 Å². The minimum absolute atomic E-state index is 0.157. The van der Waals surface area contributed by atoms with E-state index in [2.05, 4.69) is 20.7 Å². The monoisotopic (exact) mass is 425 g/mol. The van der Waals surface area contributed by atoms with Gasteiger partial charge in [0.05, 0.1) is 17.9 Å². The first-order valence-electron chi connectivity index (χ1n) is 10.7. The van der Waals surface area contributed by atoms with Crippen molar-refractivity contribution in [3.05, 3.63) is 58.4 Å². The van der Waals surface area contributed by atoms with Crippen LogP contribution in [0.15, 0.2) is 35.7 Å². The second-order valence-electron chi connectivity index (χ2n) is 7.32. The Morgan fingerprint density at radius 2 is 1.80 bits per heavy atom. The molecule has 160 valence electrons. The van der Waals surface area contributed by atoms with Crippen molar-refractivity contribution >= 4 is 28.1 Å². The average molecular weight is 426 g/mol. The van der Waals surface area contributed by atoms with Gasteiger partial charge in [0.2, 0.25) is 0 Å². The van der Waals surface area contributed by atoms with Gasteiger partial charge < -0.3 is 10.2 Å². The third-order valence-electron chi connectivity index (χ3n) is 4.92. The summed E-state index contributed by atoms with van der Waals surface area (Å²) in [6, 6.07) is 9.60. The highest BCUT2D eigenvalue weighted by atomic mass is 32.1. The molecule has 1 amide bonds. The molecule has 0 unspecified atom stereocenters. The molecule has 1 aliphatic rings. The number of thiazole rings is 1. The van der Waals surface area contributed by atoms with Crippen molar-refractivity contribution < 1.29 is 4.79 Å². The molecular formula is C23H31N5OS. The fraction of sp³-hybridized carbons (Fsp3) is 0.435. The number of carbonyl (C=O) groups excluding carboxylic acids is 1. The van der Waals surface area contributed by atoms with Gasteiger partial charge in [-0.1, -0.05) is 31.5 Å². The lowest BCUT2D eigenvalue weighted by Gasteiger charge is -2.25. The number of amides is 1. The molecule has 3 aromatic rings. The lowest BCUT2D eigenvalue weighted by atomic mass is 10.1. The third-order valence-corrected chi connectivity index (χ3v) is 5.87. The molecule has 0 saturated carbocycles. The van der Waals surface area contributed by atoms with E-state index in [1.807, 2.05) is 58.0 Å². The summed E-state index contributed by atoms with van der Waals surface area (Å²) < 4.78 is 1.74. The van der Waals surface area contributed by atoms with Crippen molar-refractivity contribution in [3.8, 4) is 0 Å². The standard InChI is InChI=1S/C21H25N5OS.C2H6/c1-15-6-8-17(9-7-15)22-20(27)19-12-16(2)24-26(19)13-18-14-28-21(23-18)25-10-4-3-5-11-25;1-2/h6-9,12,14H,3-5,10-11,13H2,1-2H3,(H,22,27);1-2H3. The minimum Gasteiger partial charge on any atom is -0.348 e. The predicted octanol–water partition coefficient (Wildman–Crippen LogP) is 5.27. The van der Waals surface area contributed by atoms with Crippen molar-refractivity contribution in [2.45, 2.75) is 53.5 Å². The Morgan fingerprint density at radius 3 is 2.50 bits per heavy atom. The first kappa shape index (κ1) is 22.0. The Balaban J connectivity index is 0.00000124. The Hall–Kier alpha value is -2.67. The van der Waals surface area contributed by atoms with Crippen molar-refractivity contribution in [1.29, 1.82) is 0 Å². The SMILES string of the molecule is CC.Cc1ccc(NC(=O)c2cc(C)nn2Cc2csc(N3CCCCC3)n2)cc1. The summed E-state index contributed by atoms with van der Waals surface area (Å²) in [4.78, 5) is 19.9. The van der Waals surface area contributed by atoms with Gasteiger partial charge in [-0.3, -0.25) is 9.48 Å². The Morgan fingerprint density at radius 1 is 1.10 bits per heavy atom. The van der Waals surface area contributed by atoms with E-state index in [1.165, 1.54) is 19.3 Å². The van der Waals surface area contributed by atoms with E-state index in [-0.39, 0.29) is 5.91 Å². The van der Waals surface area contributed by atoms with Gasteiger partial charge in [0.15, 0.2) is 5.13 Å². The molecule has 0 aliphatic carbocycles. The molecule has 1 fully saturated rings. The topological polar surface area (TPSA) is 63.1 Å². The summed E-state index contributed by atoms with van der Waals surface area (Å²) >= 11 is 1.67. The fourth-order valence-corrected chi connectivity index (χ4v) is 4.30. The van der Waals surface area contributed by atoms with Gasteiger partial charge in [0, 0.05) is 24.2 Å². The van der Waals surface area contributed by atoms with Crippen molar-refractivity contribution in [2.24, 2.45) is 0 Å². The summed E-state index contributed by atoms with van der Waals surface area (Å²) in [5.41, 5.74) is 4.25. The van der Waals surface area contributed by atoms with E-state index in [9.17, 15) is 4.79 Å². The van der Waals surface area contributed by atoms with Crippen LogP contribution in [0.3, 0.4) is 0 Å². The van der Waals surface area contributed by atoms with Crippen LogP contribution in [0.5, 0.6) is 0 Å². The van der Waals surface area contributed by atoms with Crippen LogP contribution >= 0.6 is 11.3 Å². The van der Waals surface area contributed by atoms with E-state index >= 15 is 0 Å². The largest absolute Gasteiger partial charge is 0.348 e. The maximum Gasteiger partial charge on any atom is 0.273 e. The van der Waals surface area contributed by atoms with E-state index in [1.54, 1.807) is 16.0 Å². The van der Waals surface area contributed by atoms with Gasteiger partial charge >= 0.3 is 0 Å². The first-order valence-corrected chi connectivity index (χ1v) is 11.6. The van der Waals surface area contributed by atoms with Crippen molar-refractivity contribution in [1.82, 2.24) is 14.8 Å². The zero-order chi connectivity index (χ0) is 21.5. The predicted molar refractivity (Wildman–Crippen MR) is 125 cm³/mol. The molecule has 1 aliphatic heterocycles. The Labute approximate surface area is 182 Å². The van der Waals surface area contributed by atoms with E-state index < -0.39 is 0 Å². The molecular weight excluding hydrogens is 394 g/mol. The van der Waals surface area contributed by atoms with Gasteiger partial charge in [0.1, 0.15) is 5.69 Å². The number of hydrogen-bond donors (Lipinski definition) is 1. The second-order valence-corrected chi connectivity index (χ2v) is 8.15. The maximum absolute atomic E-state index is 12.8. The number of aryl methyl sites for hydroxylation is 2. The Bertz CT molecular complexity index is 954. The molecule has 7 heteroatoms. The normalized spacial score (nSPS) is 13.5. The van der Waals surface area contributed by atoms with E-state index in [0.29, 0.717) is 12.2 Å². The van der Waals surface area contributed by atoms with Gasteiger partial charge in [-0.2, -0.15) is 5.10 Å².